The van der Waals surface area contributed by atoms with Gasteiger partial charge in [-0.2, -0.15) is 0 Å². The molecule has 0 spiro atoms. The predicted molar refractivity (Wildman–Crippen MR) is 49.9 cm³/mol. The number of hydrogen-bond acceptors (Lipinski definition) is 4. The van der Waals surface area contributed by atoms with E-state index in [-0.39, 0.29) is 12.2 Å². The summed E-state index contributed by atoms with van der Waals surface area (Å²) < 4.78 is 0. The van der Waals surface area contributed by atoms with Crippen molar-refractivity contribution in [1.29, 1.82) is 0 Å². The Labute approximate surface area is 79.6 Å². The Morgan fingerprint density at radius 1 is 1.77 bits per heavy atom. The van der Waals surface area contributed by atoms with Crippen LogP contribution in [0.2, 0.25) is 0 Å². The van der Waals surface area contributed by atoms with E-state index >= 15 is 0 Å². The van der Waals surface area contributed by atoms with Gasteiger partial charge in [-0.05, 0) is 13.0 Å². The zero-order valence-corrected chi connectivity index (χ0v) is 7.97. The molecule has 1 atom stereocenters. The van der Waals surface area contributed by atoms with Gasteiger partial charge in [0.1, 0.15) is 5.75 Å². The van der Waals surface area contributed by atoms with Gasteiger partial charge in [-0.25, -0.2) is 0 Å². The van der Waals surface area contributed by atoms with Crippen LogP contribution >= 0.6 is 11.3 Å². The molecular formula is C8H11NO3S. The first-order valence-corrected chi connectivity index (χ1v) is 4.59. The molecule has 0 fully saturated rings. The standard InChI is InChI=1S/C8H11NO3S/c1-4-2-6(10)8(13-4)5(9)3-7(11)12/h2,5,10H,3,9H2,1H3,(H,11,12). The van der Waals surface area contributed by atoms with Crippen molar-refractivity contribution in [2.45, 2.75) is 19.4 Å². The van der Waals surface area contributed by atoms with Crippen LogP contribution < -0.4 is 5.73 Å². The lowest BCUT2D eigenvalue weighted by atomic mass is 10.2. The van der Waals surface area contributed by atoms with Crippen LogP contribution in [0.15, 0.2) is 6.07 Å². The van der Waals surface area contributed by atoms with Crippen LogP contribution in [0.25, 0.3) is 0 Å². The molecule has 0 saturated carbocycles. The number of carboxylic acids is 1. The zero-order chi connectivity index (χ0) is 10.0. The summed E-state index contributed by atoms with van der Waals surface area (Å²) in [5.74, 6) is -0.866. The van der Waals surface area contributed by atoms with Crippen molar-refractivity contribution in [3.8, 4) is 5.75 Å². The molecule has 0 aromatic carbocycles. The molecule has 1 unspecified atom stereocenters. The Hall–Kier alpha value is -1.07. The molecule has 1 heterocycles. The Morgan fingerprint density at radius 2 is 2.38 bits per heavy atom. The molecule has 0 amide bonds. The van der Waals surface area contributed by atoms with E-state index in [0.29, 0.717) is 4.88 Å². The molecule has 72 valence electrons. The van der Waals surface area contributed by atoms with Gasteiger partial charge < -0.3 is 15.9 Å². The minimum Gasteiger partial charge on any atom is -0.507 e. The van der Waals surface area contributed by atoms with Crippen molar-refractivity contribution < 1.29 is 15.0 Å². The Balaban J connectivity index is 2.81. The number of aryl methyl sites for hydroxylation is 1. The van der Waals surface area contributed by atoms with Crippen LogP contribution in [0, 0.1) is 6.92 Å². The number of rotatable bonds is 3. The van der Waals surface area contributed by atoms with E-state index in [2.05, 4.69) is 0 Å². The molecule has 5 heteroatoms. The van der Waals surface area contributed by atoms with Crippen LogP contribution in [0.4, 0.5) is 0 Å². The highest BCUT2D eigenvalue weighted by Gasteiger charge is 2.16. The summed E-state index contributed by atoms with van der Waals surface area (Å²) in [7, 11) is 0. The van der Waals surface area contributed by atoms with E-state index in [1.54, 1.807) is 6.07 Å². The molecule has 0 radical (unpaired) electrons. The number of carboxylic acid groups (broad SMARTS) is 1. The molecule has 0 aliphatic carbocycles. The van der Waals surface area contributed by atoms with Crippen molar-refractivity contribution in [3.05, 3.63) is 15.8 Å². The van der Waals surface area contributed by atoms with Crippen molar-refractivity contribution >= 4 is 17.3 Å². The lowest BCUT2D eigenvalue weighted by Gasteiger charge is -2.05. The van der Waals surface area contributed by atoms with Crippen LogP contribution in [0.5, 0.6) is 5.75 Å². The van der Waals surface area contributed by atoms with Gasteiger partial charge in [0.05, 0.1) is 17.3 Å². The maximum Gasteiger partial charge on any atom is 0.305 e. The topological polar surface area (TPSA) is 83.5 Å². The van der Waals surface area contributed by atoms with Gasteiger partial charge in [0.25, 0.3) is 0 Å². The summed E-state index contributed by atoms with van der Waals surface area (Å²) >= 11 is 1.33. The van der Waals surface area contributed by atoms with Crippen LogP contribution in [-0.2, 0) is 4.79 Å². The Morgan fingerprint density at radius 3 is 2.77 bits per heavy atom. The Kier molecular flexibility index (Phi) is 2.90. The third-order valence-corrected chi connectivity index (χ3v) is 2.77. The largest absolute Gasteiger partial charge is 0.507 e. The molecule has 4 nitrogen and oxygen atoms in total. The number of nitrogens with two attached hydrogens (primary N) is 1. The highest BCUT2D eigenvalue weighted by atomic mass is 32.1. The minimum absolute atomic E-state index is 0.0938. The molecule has 13 heavy (non-hydrogen) atoms. The van der Waals surface area contributed by atoms with Gasteiger partial charge >= 0.3 is 5.97 Å². The summed E-state index contributed by atoms with van der Waals surface area (Å²) in [6, 6.07) is 0.970. The van der Waals surface area contributed by atoms with E-state index in [1.165, 1.54) is 11.3 Å². The number of aromatic hydroxyl groups is 1. The van der Waals surface area contributed by atoms with Crippen LogP contribution in [-0.4, -0.2) is 16.2 Å². The molecule has 1 aromatic heterocycles. The summed E-state index contributed by atoms with van der Waals surface area (Å²) in [5, 5.41) is 17.8. The minimum atomic E-state index is -0.960. The molecule has 4 N–H and O–H groups in total. The van der Waals surface area contributed by atoms with E-state index in [4.69, 9.17) is 10.8 Å². The molecule has 0 saturated heterocycles. The normalized spacial score (nSPS) is 12.8. The molecule has 0 aliphatic heterocycles. The van der Waals surface area contributed by atoms with Crippen molar-refractivity contribution in [2.75, 3.05) is 0 Å². The number of thiophene rings is 1. The first kappa shape index (κ1) is 10.0. The Bertz CT molecular complexity index is 321. The fourth-order valence-electron chi connectivity index (χ4n) is 1.07. The lowest BCUT2D eigenvalue weighted by molar-refractivity contribution is -0.137. The van der Waals surface area contributed by atoms with E-state index < -0.39 is 12.0 Å². The van der Waals surface area contributed by atoms with Crippen LogP contribution in [0.1, 0.15) is 22.2 Å². The lowest BCUT2D eigenvalue weighted by Crippen LogP contribution is -2.13. The fraction of sp³-hybridized carbons (Fsp3) is 0.375. The highest BCUT2D eigenvalue weighted by molar-refractivity contribution is 7.12. The van der Waals surface area contributed by atoms with Gasteiger partial charge in [0, 0.05) is 4.88 Å². The maximum atomic E-state index is 10.3. The fourth-order valence-corrected chi connectivity index (χ4v) is 1.98. The van der Waals surface area contributed by atoms with Gasteiger partial charge in [-0.15, -0.1) is 11.3 Å². The quantitative estimate of drug-likeness (QED) is 0.687. The summed E-state index contributed by atoms with van der Waals surface area (Å²) in [5.41, 5.74) is 5.58. The monoisotopic (exact) mass is 201 g/mol. The predicted octanol–water partition coefficient (Wildman–Crippen LogP) is 1.24. The summed E-state index contributed by atoms with van der Waals surface area (Å²) in [6.07, 6.45) is -0.159. The maximum absolute atomic E-state index is 10.3. The van der Waals surface area contributed by atoms with E-state index in [1.807, 2.05) is 6.92 Å². The third-order valence-electron chi connectivity index (χ3n) is 1.59. The van der Waals surface area contributed by atoms with Crippen molar-refractivity contribution in [1.82, 2.24) is 0 Å². The average Bonchev–Trinajstić information content (AvgIpc) is 2.28. The zero-order valence-electron chi connectivity index (χ0n) is 7.15. The van der Waals surface area contributed by atoms with Crippen molar-refractivity contribution in [2.24, 2.45) is 5.73 Å². The van der Waals surface area contributed by atoms with E-state index in [0.717, 1.165) is 4.88 Å². The molecular weight excluding hydrogens is 190 g/mol. The number of hydrogen-bond donors (Lipinski definition) is 3. The van der Waals surface area contributed by atoms with Gasteiger partial charge in [-0.1, -0.05) is 0 Å². The first-order chi connectivity index (χ1) is 6.00. The molecule has 0 aliphatic rings. The molecule has 1 rings (SSSR count). The van der Waals surface area contributed by atoms with Gasteiger partial charge in [-0.3, -0.25) is 4.79 Å². The second kappa shape index (κ2) is 3.76. The summed E-state index contributed by atoms with van der Waals surface area (Å²) in [6.45, 7) is 1.83. The second-order valence-corrected chi connectivity index (χ2v) is 4.10. The van der Waals surface area contributed by atoms with Gasteiger partial charge in [0.2, 0.25) is 0 Å². The number of carbonyl (C=O) groups is 1. The molecule has 0 bridgehead atoms. The highest BCUT2D eigenvalue weighted by Crippen LogP contribution is 2.33. The van der Waals surface area contributed by atoms with Crippen molar-refractivity contribution in [3.63, 3.8) is 0 Å². The smallest absolute Gasteiger partial charge is 0.305 e. The van der Waals surface area contributed by atoms with E-state index in [9.17, 15) is 9.90 Å². The molecule has 1 aromatic rings. The first-order valence-electron chi connectivity index (χ1n) is 3.77. The second-order valence-electron chi connectivity index (χ2n) is 2.81. The summed E-state index contributed by atoms with van der Waals surface area (Å²) in [4.78, 5) is 11.8. The third kappa shape index (κ3) is 2.43. The number of aliphatic carboxylic acids is 1. The SMILES string of the molecule is Cc1cc(O)c(C(N)CC(=O)O)s1. The van der Waals surface area contributed by atoms with Gasteiger partial charge in [0.15, 0.2) is 0 Å². The van der Waals surface area contributed by atoms with Crippen LogP contribution in [0.3, 0.4) is 0 Å². The average molecular weight is 201 g/mol.